The third kappa shape index (κ3) is 5.02. The van der Waals surface area contributed by atoms with E-state index < -0.39 is 0 Å². The smallest absolute Gasteiger partial charge is 0.285 e. The number of methoxy groups -OCH3 is 1. The van der Waals surface area contributed by atoms with Crippen molar-refractivity contribution in [3.63, 3.8) is 0 Å². The number of ether oxygens (including phenoxy) is 1. The number of hydrogen-bond donors (Lipinski definition) is 0. The normalized spacial score (nSPS) is 10.5. The molecule has 0 saturated heterocycles. The summed E-state index contributed by atoms with van der Waals surface area (Å²) in [7, 11) is 4.98. The highest BCUT2D eigenvalue weighted by Gasteiger charge is 2.20. The van der Waals surface area contributed by atoms with Gasteiger partial charge in [0.1, 0.15) is 12.0 Å². The van der Waals surface area contributed by atoms with Gasteiger partial charge < -0.3 is 14.4 Å². The van der Waals surface area contributed by atoms with Gasteiger partial charge in [0.25, 0.3) is 5.24 Å². The first kappa shape index (κ1) is 20.8. The molecule has 7 heteroatoms. The minimum absolute atomic E-state index is 0.146. The molecule has 0 radical (unpaired) electrons. The highest BCUT2D eigenvalue weighted by atomic mass is 79.9. The molecule has 0 heterocycles. The maximum absolute atomic E-state index is 12.2. The van der Waals surface area contributed by atoms with Gasteiger partial charge in [-0.15, -0.1) is 0 Å². The summed E-state index contributed by atoms with van der Waals surface area (Å²) in [6.07, 6.45) is 1.60. The molecule has 0 aromatic heterocycles. The fourth-order valence-electron chi connectivity index (χ4n) is 2.34. The number of aldehydes is 1. The minimum Gasteiger partial charge on any atom is -0.497 e. The molecule has 2 aromatic rings. The van der Waals surface area contributed by atoms with E-state index in [0.717, 1.165) is 45.0 Å². The molecule has 138 valence electrons. The maximum Gasteiger partial charge on any atom is 0.285 e. The number of benzene rings is 2. The van der Waals surface area contributed by atoms with Gasteiger partial charge in [-0.3, -0.25) is 4.79 Å². The minimum atomic E-state index is -0.146. The van der Waals surface area contributed by atoms with Crippen molar-refractivity contribution in [3.05, 3.63) is 56.5 Å². The molecule has 0 N–H and O–H groups in total. The fourth-order valence-corrected chi connectivity index (χ4v) is 4.35. The van der Waals surface area contributed by atoms with Crippen molar-refractivity contribution < 1.29 is 14.3 Å². The monoisotopic (exact) mass is 455 g/mol. The second kappa shape index (κ2) is 9.44. The number of thioether (sulfide) groups is 1. The van der Waals surface area contributed by atoms with Gasteiger partial charge in [-0.1, -0.05) is 39.7 Å². The Labute approximate surface area is 171 Å². The lowest BCUT2D eigenvalue weighted by Crippen LogP contribution is -2.16. The molecule has 0 saturated carbocycles. The van der Waals surface area contributed by atoms with Crippen LogP contribution < -0.4 is 4.74 Å². The van der Waals surface area contributed by atoms with Crippen molar-refractivity contribution in [3.8, 4) is 5.75 Å². The number of amides is 1. The van der Waals surface area contributed by atoms with Crippen molar-refractivity contribution >= 4 is 50.8 Å². The van der Waals surface area contributed by atoms with Crippen LogP contribution in [0.4, 0.5) is 4.79 Å². The fraction of sp³-hybridized carbons (Fsp3) is 0.263. The predicted molar refractivity (Wildman–Crippen MR) is 110 cm³/mol. The van der Waals surface area contributed by atoms with Crippen molar-refractivity contribution in [1.82, 2.24) is 4.90 Å². The van der Waals surface area contributed by atoms with E-state index in [-0.39, 0.29) is 11.7 Å². The number of rotatable bonds is 6. The summed E-state index contributed by atoms with van der Waals surface area (Å²) in [6.45, 7) is 0. The summed E-state index contributed by atoms with van der Waals surface area (Å²) in [4.78, 5) is 25.4. The SMILES string of the molecule is COc1ccc(Cc2cc(Br)c(CC=O)c(SC(=O)N(C)C)c2Cl)cc1. The molecule has 2 rings (SSSR count). The first-order valence-corrected chi connectivity index (χ1v) is 9.81. The Kier molecular flexibility index (Phi) is 7.55. The van der Waals surface area contributed by atoms with Crippen molar-refractivity contribution in [1.29, 1.82) is 0 Å². The topological polar surface area (TPSA) is 46.6 Å². The maximum atomic E-state index is 12.2. The van der Waals surface area contributed by atoms with Crippen molar-refractivity contribution in [2.75, 3.05) is 21.2 Å². The number of carbonyl (C=O) groups excluding carboxylic acids is 2. The van der Waals surface area contributed by atoms with Gasteiger partial charge >= 0.3 is 0 Å². The summed E-state index contributed by atoms with van der Waals surface area (Å²) in [6, 6.07) is 9.64. The van der Waals surface area contributed by atoms with Gasteiger partial charge in [0.15, 0.2) is 0 Å². The van der Waals surface area contributed by atoms with E-state index in [1.165, 1.54) is 4.90 Å². The largest absolute Gasteiger partial charge is 0.497 e. The summed E-state index contributed by atoms with van der Waals surface area (Å²) >= 11 is 11.2. The molecular formula is C19H19BrClNO3S. The second-order valence-corrected chi connectivity index (χ2v) is 7.99. The van der Waals surface area contributed by atoms with Crippen LogP contribution in [0.3, 0.4) is 0 Å². The summed E-state index contributed by atoms with van der Waals surface area (Å²) in [5.41, 5.74) is 2.67. The Bertz CT molecular complexity index is 809. The quantitative estimate of drug-likeness (QED) is 0.442. The molecule has 0 spiro atoms. The van der Waals surface area contributed by atoms with Crippen molar-refractivity contribution in [2.24, 2.45) is 0 Å². The van der Waals surface area contributed by atoms with E-state index in [9.17, 15) is 9.59 Å². The lowest BCUT2D eigenvalue weighted by molar-refractivity contribution is -0.107. The van der Waals surface area contributed by atoms with E-state index >= 15 is 0 Å². The van der Waals surface area contributed by atoms with Crippen LogP contribution in [0.15, 0.2) is 39.7 Å². The van der Waals surface area contributed by atoms with Crippen LogP contribution in [0.1, 0.15) is 16.7 Å². The number of hydrogen-bond acceptors (Lipinski definition) is 4. The zero-order valence-electron chi connectivity index (χ0n) is 14.7. The van der Waals surface area contributed by atoms with Crippen molar-refractivity contribution in [2.45, 2.75) is 17.7 Å². The average molecular weight is 457 g/mol. The van der Waals surface area contributed by atoms with E-state index in [4.69, 9.17) is 16.3 Å². The third-order valence-corrected chi connectivity index (χ3v) is 6.19. The number of nitrogens with zero attached hydrogens (tertiary/aromatic N) is 1. The molecule has 4 nitrogen and oxygen atoms in total. The van der Waals surface area contributed by atoms with E-state index in [2.05, 4.69) is 15.9 Å². The zero-order valence-corrected chi connectivity index (χ0v) is 17.9. The zero-order chi connectivity index (χ0) is 19.3. The first-order valence-electron chi connectivity index (χ1n) is 7.82. The van der Waals surface area contributed by atoms with Gasteiger partial charge in [-0.05, 0) is 53.1 Å². The highest BCUT2D eigenvalue weighted by molar-refractivity contribution is 9.10. The second-order valence-electron chi connectivity index (χ2n) is 5.80. The Morgan fingerprint density at radius 1 is 1.31 bits per heavy atom. The average Bonchev–Trinajstić information content (AvgIpc) is 2.62. The molecule has 0 bridgehead atoms. The lowest BCUT2D eigenvalue weighted by Gasteiger charge is -2.17. The molecule has 0 fully saturated rings. The molecule has 0 aliphatic carbocycles. The Hall–Kier alpha value is -1.50. The molecule has 26 heavy (non-hydrogen) atoms. The first-order chi connectivity index (χ1) is 12.4. The Balaban J connectivity index is 2.44. The highest BCUT2D eigenvalue weighted by Crippen LogP contribution is 2.39. The molecular weight excluding hydrogens is 438 g/mol. The van der Waals surface area contributed by atoms with Gasteiger partial charge in [-0.25, -0.2) is 0 Å². The van der Waals surface area contributed by atoms with E-state index in [0.29, 0.717) is 16.3 Å². The van der Waals surface area contributed by atoms with Crippen LogP contribution in [-0.2, 0) is 17.6 Å². The number of halogens is 2. The number of carbonyl (C=O) groups is 2. The predicted octanol–water partition coefficient (Wildman–Crippen LogP) is 5.22. The van der Waals surface area contributed by atoms with E-state index in [1.54, 1.807) is 21.2 Å². The standard InChI is InChI=1S/C19H19BrClNO3S/c1-22(2)19(24)26-18-15(8-9-23)16(20)11-13(17(18)21)10-12-4-6-14(25-3)7-5-12/h4-7,9,11H,8,10H2,1-3H3. The summed E-state index contributed by atoms with van der Waals surface area (Å²) < 4.78 is 5.95. The molecule has 0 aliphatic heterocycles. The van der Waals surface area contributed by atoms with Crippen LogP contribution in [0.25, 0.3) is 0 Å². The van der Waals surface area contributed by atoms with Gasteiger partial charge in [-0.2, -0.15) is 0 Å². The van der Waals surface area contributed by atoms with Gasteiger partial charge in [0.05, 0.1) is 12.1 Å². The third-order valence-electron chi connectivity index (χ3n) is 3.74. The van der Waals surface area contributed by atoms with Gasteiger partial charge in [0, 0.05) is 29.9 Å². The Morgan fingerprint density at radius 2 is 1.96 bits per heavy atom. The molecule has 0 unspecified atom stereocenters. The van der Waals surface area contributed by atoms with Crippen LogP contribution in [0.5, 0.6) is 5.75 Å². The van der Waals surface area contributed by atoms with Crippen LogP contribution >= 0.6 is 39.3 Å². The lowest BCUT2D eigenvalue weighted by atomic mass is 10.0. The summed E-state index contributed by atoms with van der Waals surface area (Å²) in [5, 5.41) is 0.355. The van der Waals surface area contributed by atoms with Crippen LogP contribution in [-0.4, -0.2) is 37.6 Å². The van der Waals surface area contributed by atoms with Gasteiger partial charge in [0.2, 0.25) is 0 Å². The van der Waals surface area contributed by atoms with Crippen LogP contribution in [0.2, 0.25) is 5.02 Å². The van der Waals surface area contributed by atoms with Crippen LogP contribution in [0, 0.1) is 0 Å². The molecule has 0 atom stereocenters. The van der Waals surface area contributed by atoms with E-state index in [1.807, 2.05) is 30.3 Å². The molecule has 2 aromatic carbocycles. The summed E-state index contributed by atoms with van der Waals surface area (Å²) in [5.74, 6) is 0.787. The Morgan fingerprint density at radius 3 is 2.50 bits per heavy atom. The molecule has 0 aliphatic rings. The molecule has 1 amide bonds.